The quantitative estimate of drug-likeness (QED) is 0.767. The number of benzene rings is 1. The molecule has 2 aromatic rings. The molecule has 1 amide bonds. The zero-order valence-electron chi connectivity index (χ0n) is 14.9. The van der Waals surface area contributed by atoms with Crippen molar-refractivity contribution >= 4 is 17.7 Å². The van der Waals surface area contributed by atoms with Crippen LogP contribution in [0.4, 0.5) is 0 Å². The van der Waals surface area contributed by atoms with E-state index in [2.05, 4.69) is 21.7 Å². The molecule has 0 radical (unpaired) electrons. The van der Waals surface area contributed by atoms with E-state index in [0.717, 1.165) is 23.1 Å². The van der Waals surface area contributed by atoms with E-state index in [-0.39, 0.29) is 18.1 Å². The Bertz CT molecular complexity index is 709. The van der Waals surface area contributed by atoms with E-state index in [9.17, 15) is 4.79 Å². The van der Waals surface area contributed by atoms with Crippen LogP contribution in [0.3, 0.4) is 0 Å². The second kappa shape index (κ2) is 8.01. The van der Waals surface area contributed by atoms with Crippen molar-refractivity contribution in [1.29, 1.82) is 0 Å². The van der Waals surface area contributed by atoms with Gasteiger partial charge >= 0.3 is 0 Å². The molecule has 6 nitrogen and oxygen atoms in total. The molecule has 1 aromatic carbocycles. The highest BCUT2D eigenvalue weighted by atomic mass is 32.2. The summed E-state index contributed by atoms with van der Waals surface area (Å²) >= 11 is 1.45. The number of thioether (sulfide) groups is 1. The number of hydrogen-bond donors (Lipinski definition) is 0. The molecule has 1 saturated heterocycles. The Morgan fingerprint density at radius 3 is 2.52 bits per heavy atom. The SMILES string of the molecule is CCn1c(SCC(=O)N2C[C@@H](C)O[C@H](C)C2)nnc1-c1ccccc1. The largest absolute Gasteiger partial charge is 0.372 e. The van der Waals surface area contributed by atoms with Gasteiger partial charge in [-0.1, -0.05) is 42.1 Å². The number of morpholine rings is 1. The Morgan fingerprint density at radius 2 is 1.88 bits per heavy atom. The minimum absolute atomic E-state index is 0.0849. The number of rotatable bonds is 5. The third kappa shape index (κ3) is 4.22. The van der Waals surface area contributed by atoms with Gasteiger partial charge in [0.25, 0.3) is 0 Å². The van der Waals surface area contributed by atoms with Crippen molar-refractivity contribution in [3.8, 4) is 11.4 Å². The number of hydrogen-bond acceptors (Lipinski definition) is 5. The molecular formula is C18H24N4O2S. The van der Waals surface area contributed by atoms with Gasteiger partial charge in [-0.2, -0.15) is 0 Å². The van der Waals surface area contributed by atoms with Crippen molar-refractivity contribution < 1.29 is 9.53 Å². The fraction of sp³-hybridized carbons (Fsp3) is 0.500. The van der Waals surface area contributed by atoms with Crippen molar-refractivity contribution in [2.24, 2.45) is 0 Å². The van der Waals surface area contributed by atoms with Crippen LogP contribution in [0.1, 0.15) is 20.8 Å². The molecule has 0 aliphatic carbocycles. The van der Waals surface area contributed by atoms with Crippen LogP contribution in [-0.4, -0.2) is 56.6 Å². The second-order valence-electron chi connectivity index (χ2n) is 6.26. The smallest absolute Gasteiger partial charge is 0.233 e. The molecule has 1 aliphatic rings. The molecule has 2 heterocycles. The first-order chi connectivity index (χ1) is 12.1. The molecule has 0 unspecified atom stereocenters. The monoisotopic (exact) mass is 360 g/mol. The van der Waals surface area contributed by atoms with E-state index in [1.54, 1.807) is 0 Å². The summed E-state index contributed by atoms with van der Waals surface area (Å²) in [4.78, 5) is 14.4. The van der Waals surface area contributed by atoms with Gasteiger partial charge in [0.2, 0.25) is 5.91 Å². The highest BCUT2D eigenvalue weighted by Crippen LogP contribution is 2.24. The van der Waals surface area contributed by atoms with Gasteiger partial charge in [-0.15, -0.1) is 10.2 Å². The maximum Gasteiger partial charge on any atom is 0.233 e. The van der Waals surface area contributed by atoms with E-state index in [1.165, 1.54) is 11.8 Å². The van der Waals surface area contributed by atoms with Crippen molar-refractivity contribution in [2.45, 2.75) is 44.7 Å². The number of ether oxygens (including phenoxy) is 1. The van der Waals surface area contributed by atoms with Crippen molar-refractivity contribution in [2.75, 3.05) is 18.8 Å². The fourth-order valence-electron chi connectivity index (χ4n) is 3.08. The Morgan fingerprint density at radius 1 is 1.20 bits per heavy atom. The zero-order chi connectivity index (χ0) is 17.8. The minimum Gasteiger partial charge on any atom is -0.372 e. The first-order valence-corrected chi connectivity index (χ1v) is 9.61. The summed E-state index contributed by atoms with van der Waals surface area (Å²) in [6, 6.07) is 10.00. The Labute approximate surface area is 152 Å². The minimum atomic E-state index is 0.0849. The van der Waals surface area contributed by atoms with Gasteiger partial charge in [-0.3, -0.25) is 4.79 Å². The van der Waals surface area contributed by atoms with Gasteiger partial charge in [0.1, 0.15) is 0 Å². The van der Waals surface area contributed by atoms with E-state index in [1.807, 2.05) is 49.1 Å². The van der Waals surface area contributed by atoms with Gasteiger partial charge in [0.05, 0.1) is 18.0 Å². The lowest BCUT2D eigenvalue weighted by atomic mass is 10.2. The van der Waals surface area contributed by atoms with Crippen LogP contribution in [0.25, 0.3) is 11.4 Å². The van der Waals surface area contributed by atoms with Crippen molar-refractivity contribution in [3.63, 3.8) is 0 Å². The first-order valence-electron chi connectivity index (χ1n) is 8.63. The van der Waals surface area contributed by atoms with Gasteiger partial charge in [-0.05, 0) is 20.8 Å². The Hall–Kier alpha value is -1.86. The van der Waals surface area contributed by atoms with Crippen LogP contribution < -0.4 is 0 Å². The lowest BCUT2D eigenvalue weighted by Crippen LogP contribution is -2.48. The van der Waals surface area contributed by atoms with E-state index < -0.39 is 0 Å². The second-order valence-corrected chi connectivity index (χ2v) is 7.20. The molecule has 7 heteroatoms. The van der Waals surface area contributed by atoms with Crippen LogP contribution in [0.15, 0.2) is 35.5 Å². The molecule has 1 aliphatic heterocycles. The van der Waals surface area contributed by atoms with Crippen molar-refractivity contribution in [1.82, 2.24) is 19.7 Å². The fourth-order valence-corrected chi connectivity index (χ4v) is 3.99. The lowest BCUT2D eigenvalue weighted by Gasteiger charge is -2.35. The van der Waals surface area contributed by atoms with E-state index in [4.69, 9.17) is 4.74 Å². The normalized spacial score (nSPS) is 20.7. The molecule has 0 bridgehead atoms. The number of carbonyl (C=O) groups is 1. The number of nitrogens with zero attached hydrogens (tertiary/aromatic N) is 4. The summed E-state index contributed by atoms with van der Waals surface area (Å²) in [6.07, 6.45) is 0.170. The molecule has 0 N–H and O–H groups in total. The average Bonchev–Trinajstić information content (AvgIpc) is 3.02. The molecule has 3 rings (SSSR count). The number of aromatic nitrogens is 3. The van der Waals surface area contributed by atoms with Gasteiger partial charge < -0.3 is 14.2 Å². The maximum atomic E-state index is 12.5. The third-order valence-corrected chi connectivity index (χ3v) is 5.11. The predicted molar refractivity (Wildman–Crippen MR) is 98.4 cm³/mol. The third-order valence-electron chi connectivity index (χ3n) is 4.16. The maximum absolute atomic E-state index is 12.5. The number of carbonyl (C=O) groups excluding carboxylic acids is 1. The molecule has 2 atom stereocenters. The van der Waals surface area contributed by atoms with Gasteiger partial charge in [-0.25, -0.2) is 0 Å². The summed E-state index contributed by atoms with van der Waals surface area (Å²) in [7, 11) is 0. The highest BCUT2D eigenvalue weighted by molar-refractivity contribution is 7.99. The van der Waals surface area contributed by atoms with Crippen molar-refractivity contribution in [3.05, 3.63) is 30.3 Å². The first kappa shape index (κ1) is 17.9. The van der Waals surface area contributed by atoms with Gasteiger partial charge in [0.15, 0.2) is 11.0 Å². The van der Waals surface area contributed by atoms with Crippen LogP contribution in [0, 0.1) is 0 Å². The highest BCUT2D eigenvalue weighted by Gasteiger charge is 2.26. The van der Waals surface area contributed by atoms with E-state index in [0.29, 0.717) is 18.8 Å². The van der Waals surface area contributed by atoms with E-state index >= 15 is 0 Å². The number of amides is 1. The lowest BCUT2D eigenvalue weighted by molar-refractivity contribution is -0.140. The average molecular weight is 360 g/mol. The van der Waals surface area contributed by atoms with Crippen LogP contribution in [0.5, 0.6) is 0 Å². The Balaban J connectivity index is 1.67. The molecule has 1 aromatic heterocycles. The zero-order valence-corrected chi connectivity index (χ0v) is 15.7. The van der Waals surface area contributed by atoms with Crippen LogP contribution >= 0.6 is 11.8 Å². The summed E-state index contributed by atoms with van der Waals surface area (Å²) < 4.78 is 7.74. The molecule has 134 valence electrons. The molecular weight excluding hydrogens is 336 g/mol. The molecule has 1 fully saturated rings. The van der Waals surface area contributed by atoms with Gasteiger partial charge in [0, 0.05) is 25.2 Å². The summed E-state index contributed by atoms with van der Waals surface area (Å²) in [6.45, 7) is 8.14. The predicted octanol–water partition coefficient (Wildman–Crippen LogP) is 2.69. The van der Waals surface area contributed by atoms with Crippen LogP contribution in [0.2, 0.25) is 0 Å². The van der Waals surface area contributed by atoms with Crippen LogP contribution in [-0.2, 0) is 16.1 Å². The standard InChI is InChI=1S/C18H24N4O2S/c1-4-22-17(15-8-6-5-7-9-15)19-20-18(22)25-12-16(23)21-10-13(2)24-14(3)11-21/h5-9,13-14H,4,10-12H2,1-3H3/t13-,14-/m1/s1. The molecule has 25 heavy (non-hydrogen) atoms. The Kier molecular flexibility index (Phi) is 5.75. The molecule has 0 spiro atoms. The summed E-state index contributed by atoms with van der Waals surface area (Å²) in [5.41, 5.74) is 1.03. The summed E-state index contributed by atoms with van der Waals surface area (Å²) in [5.74, 6) is 1.33. The molecule has 0 saturated carbocycles. The topological polar surface area (TPSA) is 60.2 Å². The summed E-state index contributed by atoms with van der Waals surface area (Å²) in [5, 5.41) is 9.39.